The quantitative estimate of drug-likeness (QED) is 0.351. The van der Waals surface area contributed by atoms with Crippen molar-refractivity contribution in [2.45, 2.75) is 45.4 Å². The predicted molar refractivity (Wildman–Crippen MR) is 123 cm³/mol. The Balaban J connectivity index is 1.59. The zero-order valence-corrected chi connectivity index (χ0v) is 18.7. The second-order valence-electron chi connectivity index (χ2n) is 8.25. The van der Waals surface area contributed by atoms with E-state index in [1.54, 1.807) is 57.5 Å². The number of hydrogen-bond acceptors (Lipinski definition) is 6. The van der Waals surface area contributed by atoms with E-state index in [9.17, 15) is 9.59 Å². The number of ether oxygens (including phenoxy) is 3. The summed E-state index contributed by atoms with van der Waals surface area (Å²) >= 11 is 0. The maximum absolute atomic E-state index is 13.2. The second-order valence-corrected chi connectivity index (χ2v) is 8.25. The molecule has 0 atom stereocenters. The Hall–Kier alpha value is -3.28. The minimum Gasteiger partial charge on any atom is -0.493 e. The first kappa shape index (κ1) is 21.9. The zero-order chi connectivity index (χ0) is 22.7. The van der Waals surface area contributed by atoms with Crippen LogP contribution in [0.3, 0.4) is 0 Å². The number of benzene rings is 2. The van der Waals surface area contributed by atoms with Gasteiger partial charge in [0.2, 0.25) is 5.43 Å². The van der Waals surface area contributed by atoms with Gasteiger partial charge in [-0.05, 0) is 49.1 Å². The fourth-order valence-electron chi connectivity index (χ4n) is 4.48. The third-order valence-corrected chi connectivity index (χ3v) is 6.18. The molecule has 2 aromatic carbocycles. The van der Waals surface area contributed by atoms with Crippen molar-refractivity contribution in [3.8, 4) is 28.4 Å². The van der Waals surface area contributed by atoms with Gasteiger partial charge >= 0.3 is 5.97 Å². The Bertz CT molecular complexity index is 1190. The Morgan fingerprint density at radius 3 is 2.50 bits per heavy atom. The number of aryl methyl sites for hydroxylation is 1. The van der Waals surface area contributed by atoms with Gasteiger partial charge in [0.1, 0.15) is 17.1 Å². The van der Waals surface area contributed by atoms with Crippen molar-refractivity contribution in [1.29, 1.82) is 0 Å². The molecular weight excluding hydrogens is 408 g/mol. The van der Waals surface area contributed by atoms with E-state index in [1.165, 1.54) is 25.7 Å². The monoisotopic (exact) mass is 436 g/mol. The Labute approximate surface area is 187 Å². The van der Waals surface area contributed by atoms with Gasteiger partial charge < -0.3 is 18.6 Å². The molecule has 0 N–H and O–H groups in total. The van der Waals surface area contributed by atoms with Gasteiger partial charge in [-0.1, -0.05) is 31.7 Å². The molecule has 0 bridgehead atoms. The van der Waals surface area contributed by atoms with Gasteiger partial charge in [0, 0.05) is 12.5 Å². The standard InChI is InChI=1S/C26H28O6/c1-16-25(18-9-12-21(29-2)23(14-18)30-3)26(28)20-11-10-19(15-22(20)31-16)32-24(27)13-8-17-6-4-5-7-17/h9-12,14-15,17H,4-8,13H2,1-3H3. The molecule has 1 aliphatic carbocycles. The summed E-state index contributed by atoms with van der Waals surface area (Å²) in [7, 11) is 3.11. The van der Waals surface area contributed by atoms with Crippen molar-refractivity contribution < 1.29 is 23.4 Å². The molecule has 32 heavy (non-hydrogen) atoms. The van der Waals surface area contributed by atoms with Gasteiger partial charge in [-0.3, -0.25) is 9.59 Å². The van der Waals surface area contributed by atoms with Crippen LogP contribution in [-0.2, 0) is 4.79 Å². The van der Waals surface area contributed by atoms with Crippen LogP contribution in [0, 0.1) is 12.8 Å². The van der Waals surface area contributed by atoms with Gasteiger partial charge in [0.25, 0.3) is 0 Å². The van der Waals surface area contributed by atoms with Crippen molar-refractivity contribution in [1.82, 2.24) is 0 Å². The van der Waals surface area contributed by atoms with Crippen LogP contribution >= 0.6 is 0 Å². The highest BCUT2D eigenvalue weighted by Crippen LogP contribution is 2.34. The van der Waals surface area contributed by atoms with E-state index in [2.05, 4.69) is 0 Å². The van der Waals surface area contributed by atoms with Crippen molar-refractivity contribution in [2.75, 3.05) is 14.2 Å². The van der Waals surface area contributed by atoms with Gasteiger partial charge in [-0.15, -0.1) is 0 Å². The number of methoxy groups -OCH3 is 2. The topological polar surface area (TPSA) is 75.0 Å². The Kier molecular flexibility index (Phi) is 6.49. The molecule has 1 saturated carbocycles. The zero-order valence-electron chi connectivity index (χ0n) is 18.7. The SMILES string of the molecule is COc1ccc(-c2c(C)oc3cc(OC(=O)CCC4CCCC4)ccc3c2=O)cc1OC. The Morgan fingerprint density at radius 1 is 1.03 bits per heavy atom. The normalized spacial score (nSPS) is 14.0. The summed E-state index contributed by atoms with van der Waals surface area (Å²) in [5.41, 5.74) is 1.37. The third kappa shape index (κ3) is 4.49. The molecule has 0 radical (unpaired) electrons. The van der Waals surface area contributed by atoms with Crippen molar-refractivity contribution in [3.63, 3.8) is 0 Å². The van der Waals surface area contributed by atoms with E-state index in [1.807, 2.05) is 0 Å². The molecule has 6 nitrogen and oxygen atoms in total. The summed E-state index contributed by atoms with van der Waals surface area (Å²) in [6.45, 7) is 1.74. The first-order valence-electron chi connectivity index (χ1n) is 11.0. The summed E-state index contributed by atoms with van der Waals surface area (Å²) in [4.78, 5) is 25.5. The molecule has 168 valence electrons. The largest absolute Gasteiger partial charge is 0.493 e. The van der Waals surface area contributed by atoms with Crippen LogP contribution in [0.2, 0.25) is 0 Å². The lowest BCUT2D eigenvalue weighted by Crippen LogP contribution is -2.11. The van der Waals surface area contributed by atoms with E-state index in [4.69, 9.17) is 18.6 Å². The molecule has 1 aromatic heterocycles. The fourth-order valence-corrected chi connectivity index (χ4v) is 4.48. The molecule has 0 aliphatic heterocycles. The summed E-state index contributed by atoms with van der Waals surface area (Å²) in [5.74, 6) is 2.35. The van der Waals surface area contributed by atoms with Crippen LogP contribution in [0.1, 0.15) is 44.3 Å². The van der Waals surface area contributed by atoms with Crippen LogP contribution in [0.4, 0.5) is 0 Å². The number of rotatable bonds is 7. The molecule has 6 heteroatoms. The van der Waals surface area contributed by atoms with Gasteiger partial charge in [-0.2, -0.15) is 0 Å². The first-order chi connectivity index (χ1) is 15.5. The molecule has 1 heterocycles. The maximum atomic E-state index is 13.2. The van der Waals surface area contributed by atoms with E-state index in [0.29, 0.717) is 57.4 Å². The number of carbonyl (C=O) groups is 1. The molecule has 1 fully saturated rings. The summed E-state index contributed by atoms with van der Waals surface area (Å²) in [6.07, 6.45) is 6.20. The molecule has 0 saturated heterocycles. The summed E-state index contributed by atoms with van der Waals surface area (Å²) in [6, 6.07) is 10.2. The minimum atomic E-state index is -0.253. The van der Waals surface area contributed by atoms with E-state index in [0.717, 1.165) is 6.42 Å². The third-order valence-electron chi connectivity index (χ3n) is 6.18. The van der Waals surface area contributed by atoms with E-state index < -0.39 is 0 Å². The van der Waals surface area contributed by atoms with Crippen LogP contribution in [0.25, 0.3) is 22.1 Å². The van der Waals surface area contributed by atoms with Gasteiger partial charge in [-0.25, -0.2) is 0 Å². The van der Waals surface area contributed by atoms with Crippen LogP contribution in [-0.4, -0.2) is 20.2 Å². The maximum Gasteiger partial charge on any atom is 0.311 e. The molecule has 3 aromatic rings. The van der Waals surface area contributed by atoms with Crippen LogP contribution in [0.5, 0.6) is 17.2 Å². The van der Waals surface area contributed by atoms with Crippen LogP contribution in [0.15, 0.2) is 45.6 Å². The first-order valence-corrected chi connectivity index (χ1v) is 11.0. The Morgan fingerprint density at radius 2 is 1.78 bits per heavy atom. The second kappa shape index (κ2) is 9.47. The predicted octanol–water partition coefficient (Wildman–Crippen LogP) is 5.66. The summed E-state index contributed by atoms with van der Waals surface area (Å²) < 4.78 is 22.1. The van der Waals surface area contributed by atoms with Crippen molar-refractivity contribution >= 4 is 16.9 Å². The van der Waals surface area contributed by atoms with Crippen molar-refractivity contribution in [3.05, 3.63) is 52.4 Å². The average Bonchev–Trinajstić information content (AvgIpc) is 3.31. The molecule has 0 unspecified atom stereocenters. The molecular formula is C26H28O6. The highest BCUT2D eigenvalue weighted by atomic mass is 16.5. The smallest absolute Gasteiger partial charge is 0.311 e. The van der Waals surface area contributed by atoms with Crippen LogP contribution < -0.4 is 19.6 Å². The van der Waals surface area contributed by atoms with Crippen molar-refractivity contribution in [2.24, 2.45) is 5.92 Å². The minimum absolute atomic E-state index is 0.157. The van der Waals surface area contributed by atoms with E-state index >= 15 is 0 Å². The summed E-state index contributed by atoms with van der Waals surface area (Å²) in [5, 5.41) is 0.422. The fraction of sp³-hybridized carbons (Fsp3) is 0.385. The average molecular weight is 437 g/mol. The highest BCUT2D eigenvalue weighted by Gasteiger charge is 2.19. The van der Waals surface area contributed by atoms with Gasteiger partial charge in [0.15, 0.2) is 11.5 Å². The lowest BCUT2D eigenvalue weighted by Gasteiger charge is -2.12. The molecule has 0 amide bonds. The molecule has 1 aliphatic rings. The molecule has 4 rings (SSSR count). The number of hydrogen-bond donors (Lipinski definition) is 0. The number of fused-ring (bicyclic) bond motifs is 1. The van der Waals surface area contributed by atoms with Gasteiger partial charge in [0.05, 0.1) is 25.2 Å². The van der Waals surface area contributed by atoms with E-state index in [-0.39, 0.29) is 11.4 Å². The highest BCUT2D eigenvalue weighted by molar-refractivity contribution is 5.85. The lowest BCUT2D eigenvalue weighted by atomic mass is 10.0. The number of esters is 1. The lowest BCUT2D eigenvalue weighted by molar-refractivity contribution is -0.134. The molecule has 0 spiro atoms. The number of carbonyl (C=O) groups excluding carboxylic acids is 1.